The van der Waals surface area contributed by atoms with Crippen molar-refractivity contribution in [2.45, 2.75) is 18.3 Å². The van der Waals surface area contributed by atoms with E-state index in [0.29, 0.717) is 17.7 Å². The summed E-state index contributed by atoms with van der Waals surface area (Å²) in [7, 11) is 0. The van der Waals surface area contributed by atoms with Crippen molar-refractivity contribution in [3.8, 4) is 5.75 Å². The van der Waals surface area contributed by atoms with Crippen molar-refractivity contribution in [1.82, 2.24) is 0 Å². The van der Waals surface area contributed by atoms with Crippen LogP contribution >= 0.6 is 11.6 Å². The monoisotopic (exact) mass is 272 g/mol. The highest BCUT2D eigenvalue weighted by atomic mass is 35.5. The quantitative estimate of drug-likeness (QED) is 0.741. The molecular formula is C17H17ClO. The van der Waals surface area contributed by atoms with Crippen LogP contribution in [0.15, 0.2) is 54.6 Å². The predicted octanol–water partition coefficient (Wildman–Crippen LogP) is 4.58. The van der Waals surface area contributed by atoms with Crippen LogP contribution in [0, 0.1) is 0 Å². The van der Waals surface area contributed by atoms with E-state index >= 15 is 0 Å². The summed E-state index contributed by atoms with van der Waals surface area (Å²) >= 11 is 6.17. The molecule has 0 radical (unpaired) electrons. The van der Waals surface area contributed by atoms with Crippen LogP contribution in [0.3, 0.4) is 0 Å². The molecule has 19 heavy (non-hydrogen) atoms. The van der Waals surface area contributed by atoms with Crippen LogP contribution in [-0.4, -0.2) is 12.5 Å². The minimum absolute atomic E-state index is 0.391. The number of hydrogen-bond donors (Lipinski definition) is 0. The fourth-order valence-electron chi connectivity index (χ4n) is 2.78. The fraction of sp³-hybridized carbons (Fsp3) is 0.294. The second-order valence-corrected chi connectivity index (χ2v) is 5.35. The number of alkyl halides is 1. The van der Waals surface area contributed by atoms with Gasteiger partial charge in [0.25, 0.3) is 0 Å². The third-order valence-corrected chi connectivity index (χ3v) is 4.20. The number of ether oxygens (including phenoxy) is 1. The number of benzene rings is 2. The van der Waals surface area contributed by atoms with Crippen LogP contribution in [0.2, 0.25) is 0 Å². The zero-order chi connectivity index (χ0) is 13.1. The van der Waals surface area contributed by atoms with Gasteiger partial charge in [-0.05, 0) is 24.0 Å². The third kappa shape index (κ3) is 2.62. The van der Waals surface area contributed by atoms with Gasteiger partial charge >= 0.3 is 0 Å². The average molecular weight is 273 g/mol. The summed E-state index contributed by atoms with van der Waals surface area (Å²) < 4.78 is 5.75. The molecule has 0 saturated carbocycles. The second-order valence-electron chi connectivity index (χ2n) is 5.04. The number of hydrogen-bond acceptors (Lipinski definition) is 1. The molecule has 2 aromatic carbocycles. The van der Waals surface area contributed by atoms with Gasteiger partial charge in [0.2, 0.25) is 0 Å². The molecule has 1 aliphatic heterocycles. The Morgan fingerprint density at radius 1 is 1.05 bits per heavy atom. The van der Waals surface area contributed by atoms with E-state index in [0.717, 1.165) is 18.8 Å². The van der Waals surface area contributed by atoms with Gasteiger partial charge in [0.1, 0.15) is 5.75 Å². The van der Waals surface area contributed by atoms with Crippen molar-refractivity contribution in [2.75, 3.05) is 12.5 Å². The summed E-state index contributed by atoms with van der Waals surface area (Å²) in [6, 6.07) is 18.8. The SMILES string of the molecule is ClCC(CC1COc2ccccc21)c1ccccc1. The molecule has 0 aliphatic carbocycles. The lowest BCUT2D eigenvalue weighted by molar-refractivity contribution is 0.320. The van der Waals surface area contributed by atoms with E-state index in [1.807, 2.05) is 18.2 Å². The molecule has 2 unspecified atom stereocenters. The zero-order valence-corrected chi connectivity index (χ0v) is 11.5. The summed E-state index contributed by atoms with van der Waals surface area (Å²) in [5, 5.41) is 0. The van der Waals surface area contributed by atoms with Crippen LogP contribution < -0.4 is 4.74 Å². The summed E-state index contributed by atoms with van der Waals surface area (Å²) in [5.41, 5.74) is 2.65. The Balaban J connectivity index is 1.78. The Labute approximate surface area is 119 Å². The van der Waals surface area contributed by atoms with E-state index in [2.05, 4.69) is 36.4 Å². The van der Waals surface area contributed by atoms with Gasteiger partial charge in [-0.25, -0.2) is 0 Å². The lowest BCUT2D eigenvalue weighted by atomic mass is 9.87. The Bertz CT molecular complexity index is 538. The standard InChI is InChI=1S/C17H17ClO/c18-11-14(13-6-2-1-3-7-13)10-15-12-19-17-9-5-4-8-16(15)17/h1-9,14-15H,10-12H2. The highest BCUT2D eigenvalue weighted by Crippen LogP contribution is 2.39. The predicted molar refractivity (Wildman–Crippen MR) is 79.2 cm³/mol. The van der Waals surface area contributed by atoms with E-state index in [1.54, 1.807) is 0 Å². The zero-order valence-electron chi connectivity index (χ0n) is 10.8. The number of rotatable bonds is 4. The molecule has 0 aromatic heterocycles. The molecule has 2 aromatic rings. The van der Waals surface area contributed by atoms with Gasteiger partial charge in [-0.15, -0.1) is 11.6 Å². The highest BCUT2D eigenvalue weighted by Gasteiger charge is 2.26. The molecular weight excluding hydrogens is 256 g/mol. The van der Waals surface area contributed by atoms with Gasteiger partial charge in [0.15, 0.2) is 0 Å². The van der Waals surface area contributed by atoms with E-state index < -0.39 is 0 Å². The van der Waals surface area contributed by atoms with Crippen LogP contribution in [0.5, 0.6) is 5.75 Å². The first-order valence-electron chi connectivity index (χ1n) is 6.71. The van der Waals surface area contributed by atoms with Gasteiger partial charge in [0.05, 0.1) is 6.61 Å². The van der Waals surface area contributed by atoms with Crippen LogP contribution in [0.4, 0.5) is 0 Å². The van der Waals surface area contributed by atoms with Gasteiger partial charge in [0, 0.05) is 17.4 Å². The van der Waals surface area contributed by atoms with E-state index in [4.69, 9.17) is 16.3 Å². The molecule has 0 N–H and O–H groups in total. The summed E-state index contributed by atoms with van der Waals surface area (Å²) in [5.74, 6) is 2.54. The highest BCUT2D eigenvalue weighted by molar-refractivity contribution is 6.18. The first kappa shape index (κ1) is 12.6. The summed E-state index contributed by atoms with van der Waals surface area (Å²) in [6.07, 6.45) is 1.05. The largest absolute Gasteiger partial charge is 0.493 e. The van der Waals surface area contributed by atoms with Gasteiger partial charge in [-0.3, -0.25) is 0 Å². The minimum Gasteiger partial charge on any atom is -0.493 e. The summed E-state index contributed by atoms with van der Waals surface area (Å²) in [6.45, 7) is 0.777. The molecule has 1 aliphatic rings. The first-order valence-corrected chi connectivity index (χ1v) is 7.24. The molecule has 3 rings (SSSR count). The van der Waals surface area contributed by atoms with Crippen molar-refractivity contribution in [3.05, 3.63) is 65.7 Å². The van der Waals surface area contributed by atoms with E-state index in [9.17, 15) is 0 Å². The normalized spacial score (nSPS) is 18.7. The molecule has 0 saturated heterocycles. The van der Waals surface area contributed by atoms with E-state index in [1.165, 1.54) is 11.1 Å². The molecule has 98 valence electrons. The number of fused-ring (bicyclic) bond motifs is 1. The minimum atomic E-state index is 0.391. The Kier molecular flexibility index (Phi) is 3.74. The Hall–Kier alpha value is -1.47. The maximum absolute atomic E-state index is 6.17. The first-order chi connectivity index (χ1) is 9.38. The van der Waals surface area contributed by atoms with Crippen molar-refractivity contribution in [3.63, 3.8) is 0 Å². The second kappa shape index (κ2) is 5.66. The Morgan fingerprint density at radius 3 is 2.58 bits per heavy atom. The van der Waals surface area contributed by atoms with Crippen LogP contribution in [0.1, 0.15) is 29.4 Å². The molecule has 0 spiro atoms. The molecule has 0 amide bonds. The maximum atomic E-state index is 6.17. The van der Waals surface area contributed by atoms with Crippen molar-refractivity contribution in [1.29, 1.82) is 0 Å². The molecule has 2 atom stereocenters. The third-order valence-electron chi connectivity index (χ3n) is 3.83. The molecule has 0 bridgehead atoms. The van der Waals surface area contributed by atoms with Gasteiger partial charge < -0.3 is 4.74 Å². The van der Waals surface area contributed by atoms with Gasteiger partial charge in [-0.2, -0.15) is 0 Å². The Morgan fingerprint density at radius 2 is 1.79 bits per heavy atom. The van der Waals surface area contributed by atoms with Crippen LogP contribution in [-0.2, 0) is 0 Å². The van der Waals surface area contributed by atoms with Gasteiger partial charge in [-0.1, -0.05) is 48.5 Å². The van der Waals surface area contributed by atoms with Crippen molar-refractivity contribution in [2.24, 2.45) is 0 Å². The molecule has 2 heteroatoms. The molecule has 1 heterocycles. The topological polar surface area (TPSA) is 9.23 Å². The van der Waals surface area contributed by atoms with E-state index in [-0.39, 0.29) is 0 Å². The smallest absolute Gasteiger partial charge is 0.122 e. The van der Waals surface area contributed by atoms with Crippen molar-refractivity contribution >= 4 is 11.6 Å². The van der Waals surface area contributed by atoms with Crippen LogP contribution in [0.25, 0.3) is 0 Å². The lowest BCUT2D eigenvalue weighted by Gasteiger charge is -2.18. The molecule has 0 fully saturated rings. The lowest BCUT2D eigenvalue weighted by Crippen LogP contribution is -2.09. The number of halogens is 1. The van der Waals surface area contributed by atoms with Crippen molar-refractivity contribution < 1.29 is 4.74 Å². The molecule has 1 nitrogen and oxygen atoms in total. The number of para-hydroxylation sites is 1. The fourth-order valence-corrected chi connectivity index (χ4v) is 3.09. The average Bonchev–Trinajstić information content (AvgIpc) is 2.89. The summed E-state index contributed by atoms with van der Waals surface area (Å²) in [4.78, 5) is 0. The maximum Gasteiger partial charge on any atom is 0.122 e.